The Balaban J connectivity index is 1.81. The second-order valence-corrected chi connectivity index (χ2v) is 4.83. The molecule has 0 saturated carbocycles. The van der Waals surface area contributed by atoms with Crippen LogP contribution in [-0.2, 0) is 11.3 Å². The van der Waals surface area contributed by atoms with Crippen molar-refractivity contribution in [1.82, 2.24) is 5.32 Å². The highest BCUT2D eigenvalue weighted by Crippen LogP contribution is 2.20. The first kappa shape index (κ1) is 12.8. The van der Waals surface area contributed by atoms with Crippen LogP contribution < -0.4 is 5.32 Å². The topological polar surface area (TPSA) is 21.3 Å². The predicted octanol–water partition coefficient (Wildman–Crippen LogP) is 3.00. The average Bonchev–Trinajstić information content (AvgIpc) is 2.34. The maximum absolute atomic E-state index is 13.4. The monoisotopic (exact) mass is 257 g/mol. The molecule has 0 spiro atoms. The zero-order valence-corrected chi connectivity index (χ0v) is 10.5. The first-order valence-electron chi connectivity index (χ1n) is 5.98. The van der Waals surface area contributed by atoms with Gasteiger partial charge in [0.25, 0.3) is 0 Å². The fourth-order valence-corrected chi connectivity index (χ4v) is 2.28. The van der Waals surface area contributed by atoms with Crippen LogP contribution in [0.5, 0.6) is 0 Å². The summed E-state index contributed by atoms with van der Waals surface area (Å²) < 4.78 is 19.0. The van der Waals surface area contributed by atoms with Crippen molar-refractivity contribution in [2.75, 3.05) is 19.7 Å². The fraction of sp³-hybridized carbons (Fsp3) is 0.538. The summed E-state index contributed by atoms with van der Waals surface area (Å²) in [6, 6.07) is 4.70. The van der Waals surface area contributed by atoms with E-state index in [0.29, 0.717) is 23.1 Å². The van der Waals surface area contributed by atoms with Crippen molar-refractivity contribution in [3.8, 4) is 0 Å². The number of piperidine rings is 1. The summed E-state index contributed by atoms with van der Waals surface area (Å²) >= 11 is 5.92. The predicted molar refractivity (Wildman–Crippen MR) is 66.7 cm³/mol. The Morgan fingerprint density at radius 3 is 3.06 bits per heavy atom. The largest absolute Gasteiger partial charge is 0.376 e. The molecule has 0 aliphatic carbocycles. The molecule has 1 heterocycles. The van der Waals surface area contributed by atoms with Gasteiger partial charge in [-0.1, -0.05) is 17.7 Å². The van der Waals surface area contributed by atoms with Gasteiger partial charge in [-0.3, -0.25) is 0 Å². The maximum atomic E-state index is 13.4. The Labute approximate surface area is 106 Å². The quantitative estimate of drug-likeness (QED) is 0.895. The van der Waals surface area contributed by atoms with Crippen LogP contribution in [0, 0.1) is 11.7 Å². The van der Waals surface area contributed by atoms with Crippen LogP contribution in [0.4, 0.5) is 4.39 Å². The van der Waals surface area contributed by atoms with E-state index in [1.165, 1.54) is 18.9 Å². The molecule has 94 valence electrons. The first-order valence-corrected chi connectivity index (χ1v) is 6.36. The first-order chi connectivity index (χ1) is 8.27. The van der Waals surface area contributed by atoms with E-state index in [4.69, 9.17) is 16.3 Å². The normalized spacial score (nSPS) is 20.5. The van der Waals surface area contributed by atoms with Gasteiger partial charge in [-0.15, -0.1) is 0 Å². The molecule has 1 aromatic carbocycles. The zero-order chi connectivity index (χ0) is 12.1. The minimum atomic E-state index is -0.292. The second kappa shape index (κ2) is 6.34. The molecule has 1 aromatic rings. The van der Waals surface area contributed by atoms with Crippen LogP contribution in [0.15, 0.2) is 18.2 Å². The summed E-state index contributed by atoms with van der Waals surface area (Å²) in [6.45, 7) is 3.00. The van der Waals surface area contributed by atoms with Crippen molar-refractivity contribution in [3.05, 3.63) is 34.6 Å². The molecule has 2 rings (SSSR count). The van der Waals surface area contributed by atoms with E-state index in [9.17, 15) is 4.39 Å². The number of nitrogens with one attached hydrogen (secondary N) is 1. The summed E-state index contributed by atoms with van der Waals surface area (Å²) in [5.74, 6) is 0.244. The fourth-order valence-electron chi connectivity index (χ4n) is 2.06. The molecule has 0 amide bonds. The van der Waals surface area contributed by atoms with Gasteiger partial charge in [-0.2, -0.15) is 0 Å². The van der Waals surface area contributed by atoms with Crippen LogP contribution in [-0.4, -0.2) is 19.7 Å². The summed E-state index contributed by atoms with van der Waals surface area (Å²) in [4.78, 5) is 0. The molecule has 0 unspecified atom stereocenters. The molecule has 0 bridgehead atoms. The molecule has 0 radical (unpaired) electrons. The summed E-state index contributed by atoms with van der Waals surface area (Å²) in [5, 5.41) is 3.76. The molecule has 17 heavy (non-hydrogen) atoms. The van der Waals surface area contributed by atoms with E-state index in [-0.39, 0.29) is 12.4 Å². The van der Waals surface area contributed by atoms with Crippen molar-refractivity contribution >= 4 is 11.6 Å². The van der Waals surface area contributed by atoms with Crippen LogP contribution in [0.2, 0.25) is 5.02 Å². The van der Waals surface area contributed by atoms with Crippen molar-refractivity contribution < 1.29 is 9.13 Å². The van der Waals surface area contributed by atoms with E-state index in [1.807, 2.05) is 0 Å². The van der Waals surface area contributed by atoms with Crippen LogP contribution in [0.25, 0.3) is 0 Å². The molecule has 1 saturated heterocycles. The third kappa shape index (κ3) is 3.66. The van der Waals surface area contributed by atoms with Crippen LogP contribution in [0.1, 0.15) is 18.4 Å². The van der Waals surface area contributed by atoms with Gasteiger partial charge in [0.05, 0.1) is 13.2 Å². The molecular formula is C13H17ClFNO. The van der Waals surface area contributed by atoms with Crippen LogP contribution >= 0.6 is 11.6 Å². The second-order valence-electron chi connectivity index (χ2n) is 4.43. The molecule has 0 aromatic heterocycles. The molecule has 1 fully saturated rings. The van der Waals surface area contributed by atoms with Gasteiger partial charge < -0.3 is 10.1 Å². The van der Waals surface area contributed by atoms with Gasteiger partial charge >= 0.3 is 0 Å². The Bertz CT molecular complexity index is 346. The number of hydrogen-bond donors (Lipinski definition) is 1. The van der Waals surface area contributed by atoms with Gasteiger partial charge in [0.1, 0.15) is 5.82 Å². The lowest BCUT2D eigenvalue weighted by atomic mass is 10.0. The SMILES string of the molecule is Fc1cccc(Cl)c1COC[C@@H]1CCCNC1. The number of rotatable bonds is 4. The highest BCUT2D eigenvalue weighted by molar-refractivity contribution is 6.31. The minimum Gasteiger partial charge on any atom is -0.376 e. The Morgan fingerprint density at radius 2 is 2.35 bits per heavy atom. The number of hydrogen-bond acceptors (Lipinski definition) is 2. The van der Waals surface area contributed by atoms with Crippen molar-refractivity contribution in [2.24, 2.45) is 5.92 Å². The number of ether oxygens (including phenoxy) is 1. The summed E-state index contributed by atoms with van der Waals surface area (Å²) in [6.07, 6.45) is 2.37. The van der Waals surface area contributed by atoms with E-state index < -0.39 is 0 Å². The van der Waals surface area contributed by atoms with Crippen molar-refractivity contribution in [3.63, 3.8) is 0 Å². The molecule has 1 aliphatic heterocycles. The lowest BCUT2D eigenvalue weighted by Gasteiger charge is -2.22. The third-order valence-electron chi connectivity index (χ3n) is 3.06. The van der Waals surface area contributed by atoms with Gasteiger partial charge in [-0.05, 0) is 37.4 Å². The molecule has 4 heteroatoms. The highest BCUT2D eigenvalue weighted by Gasteiger charge is 2.14. The van der Waals surface area contributed by atoms with E-state index >= 15 is 0 Å². The standard InChI is InChI=1S/C13H17ClFNO/c14-12-4-1-5-13(15)11(12)9-17-8-10-3-2-6-16-7-10/h1,4-5,10,16H,2-3,6-9H2/t10-/m1/s1. The number of halogens is 2. The summed E-state index contributed by atoms with van der Waals surface area (Å²) in [5.41, 5.74) is 0.456. The van der Waals surface area contributed by atoms with Gasteiger partial charge in [0.2, 0.25) is 0 Å². The van der Waals surface area contributed by atoms with Gasteiger partial charge in [-0.25, -0.2) is 4.39 Å². The smallest absolute Gasteiger partial charge is 0.130 e. The lowest BCUT2D eigenvalue weighted by Crippen LogP contribution is -2.32. The van der Waals surface area contributed by atoms with Gasteiger partial charge in [0.15, 0.2) is 0 Å². The van der Waals surface area contributed by atoms with E-state index in [1.54, 1.807) is 12.1 Å². The highest BCUT2D eigenvalue weighted by atomic mass is 35.5. The van der Waals surface area contributed by atoms with Gasteiger partial charge in [0, 0.05) is 17.1 Å². The zero-order valence-electron chi connectivity index (χ0n) is 9.72. The Kier molecular flexibility index (Phi) is 4.77. The third-order valence-corrected chi connectivity index (χ3v) is 3.41. The van der Waals surface area contributed by atoms with E-state index in [0.717, 1.165) is 13.1 Å². The maximum Gasteiger partial charge on any atom is 0.130 e. The molecule has 1 N–H and O–H groups in total. The average molecular weight is 258 g/mol. The van der Waals surface area contributed by atoms with E-state index in [2.05, 4.69) is 5.32 Å². The summed E-state index contributed by atoms with van der Waals surface area (Å²) in [7, 11) is 0. The van der Waals surface area contributed by atoms with Crippen molar-refractivity contribution in [2.45, 2.75) is 19.4 Å². The van der Waals surface area contributed by atoms with Crippen molar-refractivity contribution in [1.29, 1.82) is 0 Å². The lowest BCUT2D eigenvalue weighted by molar-refractivity contribution is 0.0766. The minimum absolute atomic E-state index is 0.252. The Morgan fingerprint density at radius 1 is 1.47 bits per heavy atom. The number of benzene rings is 1. The van der Waals surface area contributed by atoms with Crippen LogP contribution in [0.3, 0.4) is 0 Å². The Hall–Kier alpha value is -0.640. The molecule has 2 nitrogen and oxygen atoms in total. The molecule has 1 atom stereocenters. The molecular weight excluding hydrogens is 241 g/mol. The molecule has 1 aliphatic rings.